The number of aromatic nitrogens is 3. The zero-order chi connectivity index (χ0) is 27.4. The predicted molar refractivity (Wildman–Crippen MR) is 157 cm³/mol. The topological polar surface area (TPSA) is 135 Å². The van der Waals surface area contributed by atoms with E-state index in [9.17, 15) is 14.7 Å². The maximum Gasteiger partial charge on any atom is 0.326 e. The van der Waals surface area contributed by atoms with Crippen LogP contribution in [0.3, 0.4) is 0 Å². The first-order valence-electron chi connectivity index (χ1n) is 12.8. The largest absolute Gasteiger partial charge is 0.480 e. The van der Waals surface area contributed by atoms with Gasteiger partial charge in [0.1, 0.15) is 22.9 Å². The lowest BCUT2D eigenvalue weighted by molar-refractivity contribution is -0.142. The molecule has 3 aromatic rings. The highest BCUT2D eigenvalue weighted by molar-refractivity contribution is 7.15. The highest BCUT2D eigenvalue weighted by atomic mass is 35.5. The number of fused-ring (bicyclic) bond motifs is 3. The number of nitrogens with two attached hydrogens (primary N) is 1. The van der Waals surface area contributed by atoms with Crippen LogP contribution in [0.1, 0.15) is 77.8 Å². The second kappa shape index (κ2) is 13.5. The molecule has 3 heterocycles. The number of amides is 1. The van der Waals surface area contributed by atoms with E-state index in [4.69, 9.17) is 22.3 Å². The van der Waals surface area contributed by atoms with Crippen molar-refractivity contribution in [3.63, 3.8) is 0 Å². The van der Waals surface area contributed by atoms with Gasteiger partial charge < -0.3 is 16.2 Å². The van der Waals surface area contributed by atoms with Crippen LogP contribution in [0.5, 0.6) is 0 Å². The van der Waals surface area contributed by atoms with Crippen molar-refractivity contribution in [2.75, 3.05) is 6.54 Å². The van der Waals surface area contributed by atoms with E-state index in [1.165, 1.54) is 0 Å². The predicted octanol–water partition coefficient (Wildman–Crippen LogP) is 5.09. The van der Waals surface area contributed by atoms with Gasteiger partial charge >= 0.3 is 5.97 Å². The molecule has 0 radical (unpaired) electrons. The zero-order valence-corrected chi connectivity index (χ0v) is 24.6. The number of halogens is 2. The summed E-state index contributed by atoms with van der Waals surface area (Å²) >= 11 is 7.79. The Kier molecular flexibility index (Phi) is 10.7. The van der Waals surface area contributed by atoms with Gasteiger partial charge in [0.05, 0.1) is 12.1 Å². The minimum absolute atomic E-state index is 0. The normalized spacial score (nSPS) is 14.9. The van der Waals surface area contributed by atoms with Crippen LogP contribution >= 0.6 is 35.3 Å². The van der Waals surface area contributed by atoms with Crippen molar-refractivity contribution < 1.29 is 14.7 Å². The number of carboxylic acid groups (broad SMARTS) is 1. The Balaban J connectivity index is 0.00000420. The van der Waals surface area contributed by atoms with Gasteiger partial charge in [-0.2, -0.15) is 0 Å². The summed E-state index contributed by atoms with van der Waals surface area (Å²) in [6.45, 7) is 6.63. The Labute approximate surface area is 243 Å². The first-order valence-corrected chi connectivity index (χ1v) is 14.0. The number of rotatable bonds is 11. The van der Waals surface area contributed by atoms with E-state index in [2.05, 4.69) is 29.4 Å². The second-order valence-corrected chi connectivity index (χ2v) is 11.2. The van der Waals surface area contributed by atoms with Gasteiger partial charge in [0.2, 0.25) is 5.91 Å². The van der Waals surface area contributed by atoms with E-state index in [1.54, 1.807) is 11.3 Å². The van der Waals surface area contributed by atoms with Crippen molar-refractivity contribution >= 4 is 52.9 Å². The van der Waals surface area contributed by atoms with Gasteiger partial charge in [0.25, 0.3) is 0 Å². The molecule has 1 unspecified atom stereocenters. The molecule has 0 spiro atoms. The smallest absolute Gasteiger partial charge is 0.326 e. The number of aliphatic carboxylic acids is 1. The lowest BCUT2D eigenvalue weighted by atomic mass is 9.99. The molecule has 0 bridgehead atoms. The summed E-state index contributed by atoms with van der Waals surface area (Å²) in [6, 6.07) is 5.85. The molecule has 12 heteroatoms. The molecule has 0 fully saturated rings. The molecule has 210 valence electrons. The molecule has 4 N–H and O–H groups in total. The van der Waals surface area contributed by atoms with Crippen molar-refractivity contribution in [2.24, 2.45) is 10.7 Å². The lowest BCUT2D eigenvalue weighted by Crippen LogP contribution is -2.41. The third-order valence-corrected chi connectivity index (χ3v) is 8.26. The van der Waals surface area contributed by atoms with E-state index < -0.39 is 24.0 Å². The number of benzene rings is 1. The molecule has 0 aliphatic carbocycles. The van der Waals surface area contributed by atoms with Gasteiger partial charge in [-0.25, -0.2) is 4.79 Å². The molecule has 1 aliphatic rings. The van der Waals surface area contributed by atoms with Gasteiger partial charge in [-0.3, -0.25) is 14.4 Å². The Morgan fingerprint density at radius 2 is 1.82 bits per heavy atom. The molecule has 0 saturated heterocycles. The summed E-state index contributed by atoms with van der Waals surface area (Å²) in [5.74, 6) is -0.191. The van der Waals surface area contributed by atoms with Crippen LogP contribution in [-0.4, -0.2) is 50.0 Å². The second-order valence-electron chi connectivity index (χ2n) is 9.56. The molecule has 39 heavy (non-hydrogen) atoms. The number of unbranched alkanes of at least 4 members (excludes halogenated alkanes) is 3. The number of carbonyl (C=O) groups is 2. The summed E-state index contributed by atoms with van der Waals surface area (Å²) in [5, 5.41) is 22.7. The third kappa shape index (κ3) is 6.87. The number of thiophene rings is 1. The number of aliphatic imine (C=N–C) groups is 1. The Hall–Kier alpha value is -2.79. The minimum atomic E-state index is -1.05. The van der Waals surface area contributed by atoms with Crippen molar-refractivity contribution in [2.45, 2.75) is 71.4 Å². The quantitative estimate of drug-likeness (QED) is 0.265. The van der Waals surface area contributed by atoms with Crippen molar-refractivity contribution in [3.05, 3.63) is 62.5 Å². The highest BCUT2D eigenvalue weighted by Crippen LogP contribution is 2.39. The fourth-order valence-corrected chi connectivity index (χ4v) is 6.01. The van der Waals surface area contributed by atoms with Crippen molar-refractivity contribution in [3.8, 4) is 5.00 Å². The van der Waals surface area contributed by atoms with E-state index in [0.29, 0.717) is 36.1 Å². The average molecular weight is 594 g/mol. The molecule has 0 saturated carbocycles. The Morgan fingerprint density at radius 1 is 1.13 bits per heavy atom. The molecule has 1 aromatic carbocycles. The van der Waals surface area contributed by atoms with Crippen LogP contribution in [-0.2, 0) is 9.59 Å². The molecule has 2 atom stereocenters. The van der Waals surface area contributed by atoms with Crippen LogP contribution in [0.2, 0.25) is 5.02 Å². The van der Waals surface area contributed by atoms with Gasteiger partial charge in [0.15, 0.2) is 5.82 Å². The van der Waals surface area contributed by atoms with Gasteiger partial charge in [-0.15, -0.1) is 33.9 Å². The van der Waals surface area contributed by atoms with E-state index >= 15 is 0 Å². The first kappa shape index (κ1) is 30.7. The maximum atomic E-state index is 13.2. The van der Waals surface area contributed by atoms with E-state index in [-0.39, 0.29) is 18.8 Å². The van der Waals surface area contributed by atoms with E-state index in [1.807, 2.05) is 35.8 Å². The SMILES string of the molecule is Cc1sc2c(c1C)C(c1ccc(Cl)cc1)=N[C@@H](CC(=O)NC(CCCCCCN)C(=O)O)c1nnc(C)n1-2.Cl. The summed E-state index contributed by atoms with van der Waals surface area (Å²) in [5.41, 5.74) is 9.23. The number of carboxylic acids is 1. The molecule has 2 aromatic heterocycles. The fraction of sp³-hybridized carbons (Fsp3) is 0.444. The van der Waals surface area contributed by atoms with Gasteiger partial charge in [-0.1, -0.05) is 43.0 Å². The first-order chi connectivity index (χ1) is 18.2. The number of nitrogens with one attached hydrogen (secondary N) is 1. The number of hydrogen-bond donors (Lipinski definition) is 3. The van der Waals surface area contributed by atoms with Crippen LogP contribution in [0, 0.1) is 20.8 Å². The summed E-state index contributed by atoms with van der Waals surface area (Å²) < 4.78 is 1.97. The lowest BCUT2D eigenvalue weighted by Gasteiger charge is -2.17. The van der Waals surface area contributed by atoms with Crippen LogP contribution in [0.15, 0.2) is 29.3 Å². The summed E-state index contributed by atoms with van der Waals surface area (Å²) in [6.07, 6.45) is 3.73. The van der Waals surface area contributed by atoms with Crippen molar-refractivity contribution in [1.82, 2.24) is 20.1 Å². The van der Waals surface area contributed by atoms with Crippen molar-refractivity contribution in [1.29, 1.82) is 0 Å². The van der Waals surface area contributed by atoms with Crippen LogP contribution in [0.4, 0.5) is 0 Å². The van der Waals surface area contributed by atoms with E-state index in [0.717, 1.165) is 51.5 Å². The van der Waals surface area contributed by atoms with Gasteiger partial charge in [-0.05, 0) is 57.9 Å². The molecule has 1 amide bonds. The molecule has 1 aliphatic heterocycles. The number of nitrogens with zero attached hydrogens (tertiary/aromatic N) is 4. The third-order valence-electron chi connectivity index (χ3n) is 6.82. The average Bonchev–Trinajstić information content (AvgIpc) is 3.35. The Bertz CT molecular complexity index is 1350. The number of carbonyl (C=O) groups excluding carboxylic acids is 1. The van der Waals surface area contributed by atoms with Crippen LogP contribution in [0.25, 0.3) is 5.00 Å². The Morgan fingerprint density at radius 3 is 2.49 bits per heavy atom. The molecule has 9 nitrogen and oxygen atoms in total. The molecule has 4 rings (SSSR count). The molecular weight excluding hydrogens is 559 g/mol. The fourth-order valence-electron chi connectivity index (χ4n) is 4.67. The summed E-state index contributed by atoms with van der Waals surface area (Å²) in [4.78, 5) is 31.3. The van der Waals surface area contributed by atoms with Gasteiger partial charge in [0, 0.05) is 21.0 Å². The monoisotopic (exact) mass is 592 g/mol. The maximum absolute atomic E-state index is 13.2. The minimum Gasteiger partial charge on any atom is -0.480 e. The van der Waals surface area contributed by atoms with Crippen LogP contribution < -0.4 is 11.1 Å². The highest BCUT2D eigenvalue weighted by Gasteiger charge is 2.33. The standard InChI is InChI=1S/C27H33ClN6O3S.ClH/c1-15-16(2)38-26-23(15)24(18-9-11-19(28)12-10-18)31-21(25-33-32-17(3)34(25)26)14-22(35)30-20(27(36)37)8-6-4-5-7-13-29;/h9-12,20-21H,4-8,13-14,29H2,1-3H3,(H,30,35)(H,36,37);1H/t20?,21-;/m0./s1. The molecular formula is C27H34Cl2N6O3S. The summed E-state index contributed by atoms with van der Waals surface area (Å²) in [7, 11) is 0. The zero-order valence-electron chi connectivity index (χ0n) is 22.2. The number of hydrogen-bond acceptors (Lipinski definition) is 7. The number of aryl methyl sites for hydroxylation is 2.